The lowest BCUT2D eigenvalue weighted by atomic mass is 9.90. The quantitative estimate of drug-likeness (QED) is 0.858. The van der Waals surface area contributed by atoms with Gasteiger partial charge in [0.15, 0.2) is 0 Å². The predicted octanol–water partition coefficient (Wildman–Crippen LogP) is 3.85. The van der Waals surface area contributed by atoms with Gasteiger partial charge in [-0.1, -0.05) is 36.6 Å². The van der Waals surface area contributed by atoms with Gasteiger partial charge in [0.05, 0.1) is 0 Å². The molecule has 0 radical (unpaired) electrons. The number of hydrogen-bond donors (Lipinski definition) is 1. The van der Waals surface area contributed by atoms with Crippen molar-refractivity contribution in [1.29, 1.82) is 0 Å². The molecule has 1 fully saturated rings. The molecular formula is C16H25ClN2. The highest BCUT2D eigenvalue weighted by atomic mass is 35.5. The van der Waals surface area contributed by atoms with Gasteiger partial charge < -0.3 is 5.73 Å². The Balaban J connectivity index is 2.11. The minimum Gasteiger partial charge on any atom is -0.329 e. The molecule has 1 aromatic carbocycles. The number of benzene rings is 1. The number of nitrogens with zero attached hydrogens (tertiary/aromatic N) is 1. The molecule has 1 aliphatic rings. The van der Waals surface area contributed by atoms with Crippen LogP contribution in [0.15, 0.2) is 24.3 Å². The van der Waals surface area contributed by atoms with Crippen molar-refractivity contribution in [1.82, 2.24) is 4.90 Å². The number of rotatable bonds is 6. The Morgan fingerprint density at radius 2 is 1.95 bits per heavy atom. The van der Waals surface area contributed by atoms with E-state index in [1.54, 1.807) is 0 Å². The fourth-order valence-corrected chi connectivity index (χ4v) is 2.87. The molecule has 2 N–H and O–H groups in total. The second kappa shape index (κ2) is 5.82. The first-order chi connectivity index (χ1) is 8.96. The highest BCUT2D eigenvalue weighted by Gasteiger charge is 2.37. The Bertz CT molecular complexity index is 413. The lowest BCUT2D eigenvalue weighted by Gasteiger charge is -2.42. The van der Waals surface area contributed by atoms with Crippen LogP contribution in [-0.4, -0.2) is 24.0 Å². The second-order valence-electron chi connectivity index (χ2n) is 6.19. The zero-order valence-corrected chi connectivity index (χ0v) is 13.0. The van der Waals surface area contributed by atoms with Crippen molar-refractivity contribution in [2.24, 2.45) is 11.7 Å². The molecule has 0 spiro atoms. The lowest BCUT2D eigenvalue weighted by molar-refractivity contribution is 0.0865. The van der Waals surface area contributed by atoms with Gasteiger partial charge in [0, 0.05) is 23.1 Å². The van der Waals surface area contributed by atoms with E-state index >= 15 is 0 Å². The lowest BCUT2D eigenvalue weighted by Crippen LogP contribution is -2.50. The first kappa shape index (κ1) is 14.8. The van der Waals surface area contributed by atoms with E-state index in [9.17, 15) is 0 Å². The molecule has 3 heteroatoms. The average molecular weight is 281 g/mol. The first-order valence-electron chi connectivity index (χ1n) is 7.15. The summed E-state index contributed by atoms with van der Waals surface area (Å²) in [5, 5.41) is 0.790. The topological polar surface area (TPSA) is 29.3 Å². The number of likely N-dealkylation sites (N-methyl/N-ethyl adjacent to an activating group) is 1. The van der Waals surface area contributed by atoms with Crippen LogP contribution < -0.4 is 5.73 Å². The number of nitrogens with two attached hydrogens (primary N) is 1. The summed E-state index contributed by atoms with van der Waals surface area (Å²) in [6.45, 7) is 5.24. The van der Waals surface area contributed by atoms with Crippen molar-refractivity contribution >= 4 is 11.6 Å². The fraction of sp³-hybridized carbons (Fsp3) is 0.625. The van der Waals surface area contributed by atoms with Gasteiger partial charge in [0.1, 0.15) is 0 Å². The molecule has 0 amide bonds. The van der Waals surface area contributed by atoms with Gasteiger partial charge in [-0.15, -0.1) is 0 Å². The van der Waals surface area contributed by atoms with Crippen LogP contribution in [0.3, 0.4) is 0 Å². The van der Waals surface area contributed by atoms with Gasteiger partial charge in [0.25, 0.3) is 0 Å². The first-order valence-corrected chi connectivity index (χ1v) is 7.52. The molecule has 2 nitrogen and oxygen atoms in total. The van der Waals surface area contributed by atoms with Crippen LogP contribution in [0.4, 0.5) is 0 Å². The van der Waals surface area contributed by atoms with Crippen molar-refractivity contribution in [2.75, 3.05) is 13.6 Å². The third-order valence-electron chi connectivity index (χ3n) is 4.65. The zero-order valence-electron chi connectivity index (χ0n) is 12.2. The fourth-order valence-electron chi connectivity index (χ4n) is 2.75. The van der Waals surface area contributed by atoms with Crippen molar-refractivity contribution in [3.63, 3.8) is 0 Å². The summed E-state index contributed by atoms with van der Waals surface area (Å²) in [5.74, 6) is 0.883. The smallest absolute Gasteiger partial charge is 0.0406 e. The maximum Gasteiger partial charge on any atom is 0.0406 e. The standard InChI is InChI=1S/C16H25ClN2/c1-12(14-6-8-15(17)9-7-14)19(3)16(2,11-18)10-13-4-5-13/h6-9,12-13H,4-5,10-11,18H2,1-3H3. The van der Waals surface area contributed by atoms with Crippen LogP contribution in [0.2, 0.25) is 5.02 Å². The van der Waals surface area contributed by atoms with Crippen LogP contribution in [0.25, 0.3) is 0 Å². The summed E-state index contributed by atoms with van der Waals surface area (Å²) < 4.78 is 0. The molecule has 106 valence electrons. The molecule has 0 aliphatic heterocycles. The Kier molecular flexibility index (Phi) is 4.54. The molecule has 0 heterocycles. The summed E-state index contributed by atoms with van der Waals surface area (Å²) >= 11 is 5.96. The molecular weight excluding hydrogens is 256 g/mol. The van der Waals surface area contributed by atoms with E-state index in [1.165, 1.54) is 24.8 Å². The molecule has 0 aromatic heterocycles. The van der Waals surface area contributed by atoms with E-state index in [0.29, 0.717) is 12.6 Å². The molecule has 1 saturated carbocycles. The Hall–Kier alpha value is -0.570. The van der Waals surface area contributed by atoms with Crippen molar-refractivity contribution in [3.8, 4) is 0 Å². The van der Waals surface area contributed by atoms with Gasteiger partial charge in [-0.2, -0.15) is 0 Å². The SMILES string of the molecule is CC(c1ccc(Cl)cc1)N(C)C(C)(CN)CC1CC1. The van der Waals surface area contributed by atoms with Crippen LogP contribution in [0, 0.1) is 5.92 Å². The average Bonchev–Trinajstić information content (AvgIpc) is 3.21. The van der Waals surface area contributed by atoms with Crippen molar-refractivity contribution in [3.05, 3.63) is 34.9 Å². The van der Waals surface area contributed by atoms with E-state index in [-0.39, 0.29) is 5.54 Å². The Morgan fingerprint density at radius 3 is 2.42 bits per heavy atom. The molecule has 2 atom stereocenters. The normalized spacial score (nSPS) is 20.3. The van der Waals surface area contributed by atoms with E-state index in [4.69, 9.17) is 17.3 Å². The maximum atomic E-state index is 6.06. The van der Waals surface area contributed by atoms with E-state index in [0.717, 1.165) is 10.9 Å². The van der Waals surface area contributed by atoms with Crippen LogP contribution >= 0.6 is 11.6 Å². The predicted molar refractivity (Wildman–Crippen MR) is 82.4 cm³/mol. The van der Waals surface area contributed by atoms with Gasteiger partial charge in [0.2, 0.25) is 0 Å². The van der Waals surface area contributed by atoms with Gasteiger partial charge in [-0.25, -0.2) is 0 Å². The van der Waals surface area contributed by atoms with Gasteiger partial charge >= 0.3 is 0 Å². The second-order valence-corrected chi connectivity index (χ2v) is 6.62. The molecule has 0 bridgehead atoms. The van der Waals surface area contributed by atoms with E-state index in [1.807, 2.05) is 12.1 Å². The van der Waals surface area contributed by atoms with E-state index < -0.39 is 0 Å². The summed E-state index contributed by atoms with van der Waals surface area (Å²) in [4.78, 5) is 2.43. The maximum absolute atomic E-state index is 6.06. The van der Waals surface area contributed by atoms with E-state index in [2.05, 4.69) is 37.9 Å². The van der Waals surface area contributed by atoms with Crippen LogP contribution in [-0.2, 0) is 0 Å². The minimum absolute atomic E-state index is 0.0836. The molecule has 0 saturated heterocycles. The monoisotopic (exact) mass is 280 g/mol. The Labute approximate surface area is 121 Å². The molecule has 19 heavy (non-hydrogen) atoms. The highest BCUT2D eigenvalue weighted by Crippen LogP contribution is 2.40. The third kappa shape index (κ3) is 3.50. The molecule has 2 rings (SSSR count). The molecule has 2 unspecified atom stereocenters. The van der Waals surface area contributed by atoms with Crippen molar-refractivity contribution < 1.29 is 0 Å². The highest BCUT2D eigenvalue weighted by molar-refractivity contribution is 6.30. The Morgan fingerprint density at radius 1 is 1.37 bits per heavy atom. The van der Waals surface area contributed by atoms with Gasteiger partial charge in [-0.05, 0) is 50.9 Å². The molecule has 1 aliphatic carbocycles. The minimum atomic E-state index is 0.0836. The van der Waals surface area contributed by atoms with Gasteiger partial charge in [-0.3, -0.25) is 4.90 Å². The summed E-state index contributed by atoms with van der Waals surface area (Å²) in [5.41, 5.74) is 7.44. The number of halogens is 1. The van der Waals surface area contributed by atoms with Crippen LogP contribution in [0.5, 0.6) is 0 Å². The zero-order chi connectivity index (χ0) is 14.0. The summed E-state index contributed by atoms with van der Waals surface area (Å²) in [6.07, 6.45) is 3.95. The molecule has 1 aromatic rings. The number of hydrogen-bond acceptors (Lipinski definition) is 2. The summed E-state index contributed by atoms with van der Waals surface area (Å²) in [6, 6.07) is 8.49. The largest absolute Gasteiger partial charge is 0.329 e. The third-order valence-corrected chi connectivity index (χ3v) is 4.90. The van der Waals surface area contributed by atoms with Crippen LogP contribution in [0.1, 0.15) is 44.7 Å². The summed E-state index contributed by atoms with van der Waals surface area (Å²) in [7, 11) is 2.19. The van der Waals surface area contributed by atoms with Crippen molar-refractivity contribution in [2.45, 2.75) is 44.7 Å².